The van der Waals surface area contributed by atoms with Crippen LogP contribution in [0.5, 0.6) is 5.75 Å². The first-order valence-electron chi connectivity index (χ1n) is 17.3. The monoisotopic (exact) mass is 719 g/mol. The molecule has 3 aromatic heterocycles. The third-order valence-electron chi connectivity index (χ3n) is 9.02. The Morgan fingerprint density at radius 3 is 1.81 bits per heavy atom. The van der Waals surface area contributed by atoms with Gasteiger partial charge in [-0.25, -0.2) is 8.78 Å². The van der Waals surface area contributed by atoms with E-state index in [-0.39, 0.29) is 17.8 Å². The number of benzene rings is 3. The molecule has 5 heterocycles. The molecule has 0 bridgehead atoms. The van der Waals surface area contributed by atoms with Crippen LogP contribution in [-0.4, -0.2) is 66.7 Å². The second-order valence-electron chi connectivity index (χ2n) is 12.4. The standard InChI is InChI=1S/C21H21N3O3.C18H14F2N4O2/c1-2-26-17-12-10-16(11-13-17)21(25)24-14-6-9-18(24)20-23-22-19(27-20)15-7-4-3-5-8-15;19-12-3-1-4-13(20)15(12)18(25)24-10-2-5-14(24)17-23-22-16(26-17)11-6-8-21-9-7-11/h3-5,7-8,10-13,18H,2,6,9,14H2,1H3;1,3-4,6-9,14H,2,5,10H2. The largest absolute Gasteiger partial charge is 0.494 e. The molecule has 2 aliphatic rings. The first kappa shape index (κ1) is 35.1. The fourth-order valence-corrected chi connectivity index (χ4v) is 6.45. The molecule has 2 fully saturated rings. The van der Waals surface area contributed by atoms with E-state index in [1.54, 1.807) is 36.7 Å². The molecule has 2 aliphatic heterocycles. The van der Waals surface area contributed by atoms with Crippen LogP contribution in [0.2, 0.25) is 0 Å². The number of pyridine rings is 1. The van der Waals surface area contributed by atoms with Crippen LogP contribution in [0.1, 0.15) is 77.2 Å². The van der Waals surface area contributed by atoms with E-state index in [0.29, 0.717) is 61.3 Å². The van der Waals surface area contributed by atoms with Crippen molar-refractivity contribution >= 4 is 11.8 Å². The summed E-state index contributed by atoms with van der Waals surface area (Å²) < 4.78 is 45.0. The summed E-state index contributed by atoms with van der Waals surface area (Å²) in [6.45, 7) is 3.58. The molecule has 12 nitrogen and oxygen atoms in total. The summed E-state index contributed by atoms with van der Waals surface area (Å²) in [7, 11) is 0. The van der Waals surface area contributed by atoms with E-state index in [1.165, 1.54) is 11.0 Å². The molecule has 14 heteroatoms. The number of carbonyl (C=O) groups excluding carboxylic acids is 2. The lowest BCUT2D eigenvalue weighted by Crippen LogP contribution is -2.32. The van der Waals surface area contributed by atoms with Crippen molar-refractivity contribution in [1.82, 2.24) is 35.2 Å². The fraction of sp³-hybridized carbons (Fsp3) is 0.256. The van der Waals surface area contributed by atoms with Crippen LogP contribution < -0.4 is 4.74 Å². The maximum absolute atomic E-state index is 14.0. The van der Waals surface area contributed by atoms with E-state index in [2.05, 4.69) is 25.4 Å². The van der Waals surface area contributed by atoms with E-state index < -0.39 is 29.1 Å². The van der Waals surface area contributed by atoms with Crippen LogP contribution in [0.4, 0.5) is 8.78 Å². The number of amides is 2. The molecule has 6 aromatic rings. The zero-order valence-electron chi connectivity index (χ0n) is 28.8. The van der Waals surface area contributed by atoms with E-state index in [9.17, 15) is 18.4 Å². The van der Waals surface area contributed by atoms with Gasteiger partial charge >= 0.3 is 0 Å². The Balaban J connectivity index is 0.000000164. The summed E-state index contributed by atoms with van der Waals surface area (Å²) in [5.41, 5.74) is 1.65. The number of halogens is 2. The van der Waals surface area contributed by atoms with Gasteiger partial charge in [0.2, 0.25) is 23.6 Å². The number of nitrogens with zero attached hydrogens (tertiary/aromatic N) is 7. The van der Waals surface area contributed by atoms with Gasteiger partial charge < -0.3 is 23.4 Å². The number of likely N-dealkylation sites (tertiary alicyclic amines) is 2. The van der Waals surface area contributed by atoms with E-state index >= 15 is 0 Å². The molecule has 8 rings (SSSR count). The van der Waals surface area contributed by atoms with Gasteiger partial charge in [0.1, 0.15) is 35.0 Å². The quantitative estimate of drug-likeness (QED) is 0.155. The van der Waals surface area contributed by atoms with E-state index in [4.69, 9.17) is 13.6 Å². The van der Waals surface area contributed by atoms with E-state index in [0.717, 1.165) is 36.3 Å². The van der Waals surface area contributed by atoms with Gasteiger partial charge in [0.15, 0.2) is 0 Å². The van der Waals surface area contributed by atoms with Gasteiger partial charge in [0.25, 0.3) is 11.8 Å². The summed E-state index contributed by atoms with van der Waals surface area (Å²) in [6.07, 6.45) is 6.20. The van der Waals surface area contributed by atoms with Crippen LogP contribution in [0.15, 0.2) is 106 Å². The highest BCUT2D eigenvalue weighted by atomic mass is 19.1. The Hall–Kier alpha value is -6.31. The molecular formula is C39H35F2N7O5. The van der Waals surface area contributed by atoms with Gasteiger partial charge in [-0.05, 0) is 93.3 Å². The number of carbonyl (C=O) groups is 2. The number of rotatable bonds is 8. The van der Waals surface area contributed by atoms with Crippen LogP contribution >= 0.6 is 0 Å². The Labute approximate surface area is 303 Å². The second kappa shape index (κ2) is 15.9. The Morgan fingerprint density at radius 2 is 1.25 bits per heavy atom. The third kappa shape index (κ3) is 7.66. The summed E-state index contributed by atoms with van der Waals surface area (Å²) in [4.78, 5) is 32.8. The molecule has 53 heavy (non-hydrogen) atoms. The lowest BCUT2D eigenvalue weighted by molar-refractivity contribution is 0.0702. The molecule has 2 atom stereocenters. The summed E-state index contributed by atoms with van der Waals surface area (Å²) in [6, 6.07) is 23.0. The zero-order valence-corrected chi connectivity index (χ0v) is 28.8. The first-order chi connectivity index (χ1) is 25.9. The molecule has 270 valence electrons. The Morgan fingerprint density at radius 1 is 0.698 bits per heavy atom. The molecule has 2 saturated heterocycles. The summed E-state index contributed by atoms with van der Waals surface area (Å²) >= 11 is 0. The van der Waals surface area contributed by atoms with Crippen molar-refractivity contribution in [1.29, 1.82) is 0 Å². The van der Waals surface area contributed by atoms with Crippen LogP contribution in [-0.2, 0) is 0 Å². The molecule has 2 amide bonds. The lowest BCUT2D eigenvalue weighted by atomic mass is 10.1. The Kier molecular flexibility index (Phi) is 10.6. The lowest BCUT2D eigenvalue weighted by Gasteiger charge is -2.22. The molecule has 0 N–H and O–H groups in total. The minimum atomic E-state index is -0.886. The third-order valence-corrected chi connectivity index (χ3v) is 9.02. The van der Waals surface area contributed by atoms with Crippen molar-refractivity contribution in [3.05, 3.63) is 132 Å². The van der Waals surface area contributed by atoms with Crippen molar-refractivity contribution in [2.24, 2.45) is 0 Å². The molecule has 0 aliphatic carbocycles. The van der Waals surface area contributed by atoms with Crippen molar-refractivity contribution in [3.63, 3.8) is 0 Å². The fourth-order valence-electron chi connectivity index (χ4n) is 6.45. The minimum absolute atomic E-state index is 0.0278. The maximum Gasteiger partial charge on any atom is 0.260 e. The van der Waals surface area contributed by atoms with Crippen molar-refractivity contribution in [2.75, 3.05) is 19.7 Å². The highest BCUT2D eigenvalue weighted by Gasteiger charge is 2.37. The molecule has 0 radical (unpaired) electrons. The molecular weight excluding hydrogens is 684 g/mol. The highest BCUT2D eigenvalue weighted by Crippen LogP contribution is 2.35. The van der Waals surface area contributed by atoms with Gasteiger partial charge in [-0.3, -0.25) is 14.6 Å². The Bertz CT molecular complexity index is 2140. The predicted molar refractivity (Wildman–Crippen MR) is 187 cm³/mol. The predicted octanol–water partition coefficient (Wildman–Crippen LogP) is 7.50. The van der Waals surface area contributed by atoms with Gasteiger partial charge in [-0.2, -0.15) is 0 Å². The van der Waals surface area contributed by atoms with Crippen LogP contribution in [0.25, 0.3) is 22.9 Å². The topological polar surface area (TPSA) is 141 Å². The zero-order chi connectivity index (χ0) is 36.7. The summed E-state index contributed by atoms with van der Waals surface area (Å²) in [5, 5.41) is 16.4. The first-order valence-corrected chi connectivity index (χ1v) is 17.3. The van der Waals surface area contributed by atoms with Gasteiger partial charge in [0.05, 0.1) is 6.61 Å². The maximum atomic E-state index is 14.0. The average Bonchev–Trinajstić information content (AvgIpc) is 4.03. The number of hydrogen-bond donors (Lipinski definition) is 0. The van der Waals surface area contributed by atoms with Crippen LogP contribution in [0, 0.1) is 11.6 Å². The summed E-state index contributed by atoms with van der Waals surface area (Å²) in [5.74, 6) is -0.231. The van der Waals surface area contributed by atoms with Crippen molar-refractivity contribution < 1.29 is 31.9 Å². The van der Waals surface area contributed by atoms with Crippen LogP contribution in [0.3, 0.4) is 0 Å². The van der Waals surface area contributed by atoms with Crippen molar-refractivity contribution in [2.45, 2.75) is 44.7 Å². The smallest absolute Gasteiger partial charge is 0.260 e. The van der Waals surface area contributed by atoms with Gasteiger partial charge in [-0.1, -0.05) is 24.3 Å². The minimum Gasteiger partial charge on any atom is -0.494 e. The number of ether oxygens (including phenoxy) is 1. The number of aromatic nitrogens is 5. The van der Waals surface area contributed by atoms with E-state index in [1.807, 2.05) is 54.3 Å². The molecule has 0 saturated carbocycles. The SMILES string of the molecule is CCOc1ccc(C(=O)N2CCCC2c2nnc(-c3ccccc3)o2)cc1.O=C(c1c(F)cccc1F)N1CCCC1c1nnc(-c2ccncc2)o1. The second-order valence-corrected chi connectivity index (χ2v) is 12.4. The normalized spacial score (nSPS) is 16.7. The molecule has 0 spiro atoms. The van der Waals surface area contributed by atoms with Gasteiger partial charge in [-0.15, -0.1) is 20.4 Å². The molecule has 2 unspecified atom stereocenters. The van der Waals surface area contributed by atoms with Crippen molar-refractivity contribution in [3.8, 4) is 28.7 Å². The highest BCUT2D eigenvalue weighted by molar-refractivity contribution is 5.95. The average molecular weight is 720 g/mol. The number of hydrogen-bond acceptors (Lipinski definition) is 10. The van der Waals surface area contributed by atoms with Gasteiger partial charge in [0, 0.05) is 42.2 Å². The molecule has 3 aromatic carbocycles.